The van der Waals surface area contributed by atoms with Crippen LogP contribution in [0.1, 0.15) is 37.6 Å². The van der Waals surface area contributed by atoms with E-state index < -0.39 is 0 Å². The third-order valence-corrected chi connectivity index (χ3v) is 4.54. The molecule has 0 radical (unpaired) electrons. The van der Waals surface area contributed by atoms with Crippen LogP contribution in [0.2, 0.25) is 0 Å². The maximum atomic E-state index is 12.8. The SMILES string of the molecule is CCOc1ccc(CN(C(=O)C(C)C)c2nc3nc(C)c(C)c(=O)n3[nH]2)cc1. The molecule has 0 saturated carbocycles. The van der Waals surface area contributed by atoms with Crippen LogP contribution in [0.15, 0.2) is 29.1 Å². The highest BCUT2D eigenvalue weighted by atomic mass is 16.5. The predicted octanol–water partition coefficient (Wildman–Crippen LogP) is 2.62. The number of aryl methyl sites for hydroxylation is 1. The first-order chi connectivity index (χ1) is 13.3. The number of benzene rings is 1. The Morgan fingerprint density at radius 3 is 2.50 bits per heavy atom. The van der Waals surface area contributed by atoms with Crippen LogP contribution in [0.5, 0.6) is 5.75 Å². The van der Waals surface area contributed by atoms with E-state index in [1.807, 2.05) is 45.0 Å². The molecule has 0 saturated heterocycles. The van der Waals surface area contributed by atoms with Crippen molar-refractivity contribution in [2.45, 2.75) is 41.2 Å². The summed E-state index contributed by atoms with van der Waals surface area (Å²) in [4.78, 5) is 35.6. The number of hydrogen-bond acceptors (Lipinski definition) is 5. The van der Waals surface area contributed by atoms with E-state index in [9.17, 15) is 9.59 Å². The van der Waals surface area contributed by atoms with Gasteiger partial charge in [0.25, 0.3) is 11.3 Å². The number of nitrogens with zero attached hydrogens (tertiary/aromatic N) is 4. The number of fused-ring (bicyclic) bond motifs is 1. The van der Waals surface area contributed by atoms with E-state index in [4.69, 9.17) is 4.74 Å². The molecule has 1 aromatic carbocycles. The Balaban J connectivity index is 2.01. The van der Waals surface area contributed by atoms with E-state index in [1.54, 1.807) is 18.7 Å². The molecule has 2 heterocycles. The van der Waals surface area contributed by atoms with E-state index in [0.29, 0.717) is 30.4 Å². The number of nitrogens with one attached hydrogen (secondary N) is 1. The number of H-pyrrole nitrogens is 1. The van der Waals surface area contributed by atoms with Crippen LogP contribution in [0.25, 0.3) is 5.78 Å². The van der Waals surface area contributed by atoms with Crippen molar-refractivity contribution in [1.82, 2.24) is 19.6 Å². The summed E-state index contributed by atoms with van der Waals surface area (Å²) in [6.07, 6.45) is 0. The summed E-state index contributed by atoms with van der Waals surface area (Å²) in [7, 11) is 0. The normalized spacial score (nSPS) is 11.2. The van der Waals surface area contributed by atoms with E-state index in [0.717, 1.165) is 11.3 Å². The molecule has 0 fully saturated rings. The molecule has 2 aromatic heterocycles. The molecular weight excluding hydrogens is 358 g/mol. The average molecular weight is 383 g/mol. The largest absolute Gasteiger partial charge is 0.494 e. The van der Waals surface area contributed by atoms with Gasteiger partial charge >= 0.3 is 0 Å². The topological polar surface area (TPSA) is 92.6 Å². The molecule has 0 aliphatic carbocycles. The highest BCUT2D eigenvalue weighted by Crippen LogP contribution is 2.19. The van der Waals surface area contributed by atoms with Gasteiger partial charge in [0.2, 0.25) is 11.9 Å². The summed E-state index contributed by atoms with van der Waals surface area (Å²) in [6, 6.07) is 7.56. The van der Waals surface area contributed by atoms with Gasteiger partial charge in [-0.05, 0) is 38.5 Å². The molecule has 0 spiro atoms. The van der Waals surface area contributed by atoms with Gasteiger partial charge in [0, 0.05) is 17.2 Å². The van der Waals surface area contributed by atoms with Crippen molar-refractivity contribution in [1.29, 1.82) is 0 Å². The van der Waals surface area contributed by atoms with Crippen LogP contribution in [0.4, 0.5) is 5.95 Å². The lowest BCUT2D eigenvalue weighted by atomic mass is 10.1. The number of hydrogen-bond donors (Lipinski definition) is 1. The molecule has 1 amide bonds. The lowest BCUT2D eigenvalue weighted by Gasteiger charge is -2.21. The molecule has 3 rings (SSSR count). The third-order valence-electron chi connectivity index (χ3n) is 4.54. The zero-order valence-electron chi connectivity index (χ0n) is 16.8. The average Bonchev–Trinajstić information content (AvgIpc) is 3.09. The van der Waals surface area contributed by atoms with Crippen molar-refractivity contribution < 1.29 is 9.53 Å². The maximum Gasteiger partial charge on any atom is 0.277 e. The minimum absolute atomic E-state index is 0.102. The van der Waals surface area contributed by atoms with E-state index >= 15 is 0 Å². The van der Waals surface area contributed by atoms with Crippen LogP contribution in [-0.2, 0) is 11.3 Å². The van der Waals surface area contributed by atoms with Crippen LogP contribution in [0, 0.1) is 19.8 Å². The van der Waals surface area contributed by atoms with Crippen molar-refractivity contribution in [3.05, 3.63) is 51.4 Å². The molecule has 0 bridgehead atoms. The number of aromatic amines is 1. The van der Waals surface area contributed by atoms with Gasteiger partial charge in [0.05, 0.1) is 13.2 Å². The molecule has 8 nitrogen and oxygen atoms in total. The van der Waals surface area contributed by atoms with Crippen molar-refractivity contribution in [2.24, 2.45) is 5.92 Å². The Bertz CT molecular complexity index is 1050. The molecule has 148 valence electrons. The molecule has 0 unspecified atom stereocenters. The number of amides is 1. The fourth-order valence-electron chi connectivity index (χ4n) is 2.82. The molecule has 8 heteroatoms. The molecule has 3 aromatic rings. The zero-order chi connectivity index (χ0) is 20.4. The lowest BCUT2D eigenvalue weighted by Crippen LogP contribution is -2.34. The fraction of sp³-hybridized carbons (Fsp3) is 0.400. The summed E-state index contributed by atoms with van der Waals surface area (Å²) in [5, 5.41) is 2.93. The predicted molar refractivity (Wildman–Crippen MR) is 107 cm³/mol. The van der Waals surface area contributed by atoms with Crippen molar-refractivity contribution in [2.75, 3.05) is 11.5 Å². The van der Waals surface area contributed by atoms with Crippen molar-refractivity contribution in [3.63, 3.8) is 0 Å². The Morgan fingerprint density at radius 1 is 1.21 bits per heavy atom. The minimum Gasteiger partial charge on any atom is -0.494 e. The molecule has 0 aliphatic heterocycles. The second kappa shape index (κ2) is 7.84. The molecular formula is C20H25N5O3. The van der Waals surface area contributed by atoms with Gasteiger partial charge in [0.1, 0.15) is 5.75 Å². The van der Waals surface area contributed by atoms with Gasteiger partial charge in [0.15, 0.2) is 0 Å². The summed E-state index contributed by atoms with van der Waals surface area (Å²) in [6.45, 7) is 9.98. The van der Waals surface area contributed by atoms with E-state index in [1.165, 1.54) is 4.52 Å². The Morgan fingerprint density at radius 2 is 1.89 bits per heavy atom. The molecule has 0 aliphatic rings. The van der Waals surface area contributed by atoms with Gasteiger partial charge in [-0.2, -0.15) is 9.50 Å². The van der Waals surface area contributed by atoms with Gasteiger partial charge in [-0.1, -0.05) is 26.0 Å². The molecule has 28 heavy (non-hydrogen) atoms. The van der Waals surface area contributed by atoms with Gasteiger partial charge < -0.3 is 4.74 Å². The van der Waals surface area contributed by atoms with E-state index in [2.05, 4.69) is 15.1 Å². The summed E-state index contributed by atoms with van der Waals surface area (Å²) < 4.78 is 6.74. The number of ether oxygens (including phenoxy) is 1. The van der Waals surface area contributed by atoms with Crippen molar-refractivity contribution >= 4 is 17.6 Å². The first-order valence-corrected chi connectivity index (χ1v) is 9.31. The standard InChI is InChI=1S/C20H25N5O3/c1-6-28-16-9-7-15(8-10-16)11-24(17(26)12(2)3)20-22-19-21-14(5)13(4)18(27)25(19)23-20/h7-10,12H,6,11H2,1-5H3,(H,21,22,23). The summed E-state index contributed by atoms with van der Waals surface area (Å²) in [5.74, 6) is 0.982. The second-order valence-corrected chi connectivity index (χ2v) is 6.97. The number of rotatable bonds is 6. The summed E-state index contributed by atoms with van der Waals surface area (Å²) in [5.41, 5.74) is 1.86. The van der Waals surface area contributed by atoms with Gasteiger partial charge in [-0.3, -0.25) is 19.6 Å². The second-order valence-electron chi connectivity index (χ2n) is 6.97. The van der Waals surface area contributed by atoms with Crippen molar-refractivity contribution in [3.8, 4) is 5.75 Å². The monoisotopic (exact) mass is 383 g/mol. The quantitative estimate of drug-likeness (QED) is 0.706. The highest BCUT2D eigenvalue weighted by Gasteiger charge is 2.23. The Labute approximate surface area is 163 Å². The number of carbonyl (C=O) groups is 1. The van der Waals surface area contributed by atoms with Gasteiger partial charge in [-0.25, -0.2) is 4.98 Å². The first kappa shape index (κ1) is 19.6. The Kier molecular flexibility index (Phi) is 5.48. The third kappa shape index (κ3) is 3.76. The molecule has 1 N–H and O–H groups in total. The van der Waals surface area contributed by atoms with Crippen LogP contribution >= 0.6 is 0 Å². The minimum atomic E-state index is -0.232. The number of aromatic nitrogens is 4. The maximum absolute atomic E-state index is 12.8. The molecule has 0 atom stereocenters. The van der Waals surface area contributed by atoms with Crippen LogP contribution in [-0.4, -0.2) is 32.1 Å². The van der Waals surface area contributed by atoms with Crippen LogP contribution in [0.3, 0.4) is 0 Å². The fourth-order valence-corrected chi connectivity index (χ4v) is 2.82. The highest BCUT2D eigenvalue weighted by molar-refractivity contribution is 5.93. The number of anilines is 1. The lowest BCUT2D eigenvalue weighted by molar-refractivity contribution is -0.121. The number of carbonyl (C=O) groups excluding carboxylic acids is 1. The van der Waals surface area contributed by atoms with Gasteiger partial charge in [-0.15, -0.1) is 0 Å². The summed E-state index contributed by atoms with van der Waals surface area (Å²) >= 11 is 0. The Hall–Kier alpha value is -3.16. The zero-order valence-corrected chi connectivity index (χ0v) is 16.8. The first-order valence-electron chi connectivity index (χ1n) is 9.31. The van der Waals surface area contributed by atoms with Crippen LogP contribution < -0.4 is 15.2 Å². The smallest absolute Gasteiger partial charge is 0.277 e. The van der Waals surface area contributed by atoms with E-state index in [-0.39, 0.29) is 23.2 Å².